The zero-order valence-electron chi connectivity index (χ0n) is 12.0. The first-order chi connectivity index (χ1) is 8.97. The van der Waals surface area contributed by atoms with Gasteiger partial charge in [-0.2, -0.15) is 0 Å². The normalized spacial score (nSPS) is 10.6. The van der Waals surface area contributed by atoms with Gasteiger partial charge in [-0.1, -0.05) is 0 Å². The van der Waals surface area contributed by atoms with E-state index in [1.807, 2.05) is 26.0 Å². The molecule has 0 aromatic carbocycles. The standard InChI is InChI=1S/C13H22N4O2/c1-5-19-13(18)10-6-7-15-12(11(10)14)17(4)9-8-16(2)3/h6-7H,5,8-9,14H2,1-4H3. The van der Waals surface area contributed by atoms with Gasteiger partial charge in [0.2, 0.25) is 0 Å². The molecule has 6 nitrogen and oxygen atoms in total. The van der Waals surface area contributed by atoms with Crippen LogP contribution in [-0.2, 0) is 4.74 Å². The molecule has 1 heterocycles. The van der Waals surface area contributed by atoms with Gasteiger partial charge in [0.25, 0.3) is 0 Å². The number of pyridine rings is 1. The lowest BCUT2D eigenvalue weighted by Crippen LogP contribution is -2.30. The van der Waals surface area contributed by atoms with Crippen molar-refractivity contribution in [2.75, 3.05) is 51.5 Å². The van der Waals surface area contributed by atoms with Crippen LogP contribution in [0, 0.1) is 0 Å². The second-order valence-electron chi connectivity index (χ2n) is 4.54. The monoisotopic (exact) mass is 266 g/mol. The summed E-state index contributed by atoms with van der Waals surface area (Å²) >= 11 is 0. The third-order valence-electron chi connectivity index (χ3n) is 2.71. The highest BCUT2D eigenvalue weighted by molar-refractivity contribution is 5.97. The van der Waals surface area contributed by atoms with E-state index in [1.54, 1.807) is 19.2 Å². The number of likely N-dealkylation sites (N-methyl/N-ethyl adjacent to an activating group) is 2. The molecule has 0 saturated carbocycles. The van der Waals surface area contributed by atoms with Crippen LogP contribution in [0.2, 0.25) is 0 Å². The Hall–Kier alpha value is -1.82. The Labute approximate surface area is 114 Å². The lowest BCUT2D eigenvalue weighted by molar-refractivity contribution is 0.0527. The SMILES string of the molecule is CCOC(=O)c1ccnc(N(C)CCN(C)C)c1N. The van der Waals surface area contributed by atoms with Crippen molar-refractivity contribution >= 4 is 17.5 Å². The molecule has 6 heteroatoms. The maximum Gasteiger partial charge on any atom is 0.340 e. The number of hydrogen-bond acceptors (Lipinski definition) is 6. The Morgan fingerprint density at radius 1 is 1.37 bits per heavy atom. The number of hydrogen-bond donors (Lipinski definition) is 1. The van der Waals surface area contributed by atoms with E-state index in [0.29, 0.717) is 23.7 Å². The molecule has 2 N–H and O–H groups in total. The van der Waals surface area contributed by atoms with Gasteiger partial charge in [0, 0.05) is 26.3 Å². The fourth-order valence-corrected chi connectivity index (χ4v) is 1.61. The Bertz CT molecular complexity index is 435. The summed E-state index contributed by atoms with van der Waals surface area (Å²) in [6.07, 6.45) is 1.57. The molecule has 1 aromatic heterocycles. The van der Waals surface area contributed by atoms with E-state index in [1.165, 1.54) is 0 Å². The fourth-order valence-electron chi connectivity index (χ4n) is 1.61. The molecule has 106 valence electrons. The third kappa shape index (κ3) is 4.10. The molecule has 0 aliphatic rings. The van der Waals surface area contributed by atoms with E-state index in [4.69, 9.17) is 10.5 Å². The number of esters is 1. The Morgan fingerprint density at radius 2 is 2.05 bits per heavy atom. The number of nitrogens with zero attached hydrogens (tertiary/aromatic N) is 3. The molecule has 0 spiro atoms. The highest BCUT2D eigenvalue weighted by Gasteiger charge is 2.16. The second-order valence-corrected chi connectivity index (χ2v) is 4.54. The molecule has 0 unspecified atom stereocenters. The fraction of sp³-hybridized carbons (Fsp3) is 0.538. The Morgan fingerprint density at radius 3 is 2.63 bits per heavy atom. The van der Waals surface area contributed by atoms with Crippen molar-refractivity contribution in [2.24, 2.45) is 0 Å². The molecular formula is C13H22N4O2. The predicted molar refractivity (Wildman–Crippen MR) is 76.4 cm³/mol. The number of carbonyl (C=O) groups is 1. The van der Waals surface area contributed by atoms with Gasteiger partial charge < -0.3 is 20.3 Å². The summed E-state index contributed by atoms with van der Waals surface area (Å²) in [5, 5.41) is 0. The summed E-state index contributed by atoms with van der Waals surface area (Å²) in [4.78, 5) is 20.0. The van der Waals surface area contributed by atoms with E-state index < -0.39 is 5.97 Å². The molecule has 0 fully saturated rings. The molecule has 0 radical (unpaired) electrons. The van der Waals surface area contributed by atoms with Gasteiger partial charge in [0.15, 0.2) is 5.82 Å². The zero-order chi connectivity index (χ0) is 14.4. The number of ether oxygens (including phenoxy) is 1. The van der Waals surface area contributed by atoms with Crippen molar-refractivity contribution in [3.05, 3.63) is 17.8 Å². The third-order valence-corrected chi connectivity index (χ3v) is 2.71. The van der Waals surface area contributed by atoms with E-state index in [0.717, 1.165) is 13.1 Å². The molecule has 0 saturated heterocycles. The molecule has 1 rings (SSSR count). The van der Waals surface area contributed by atoms with E-state index in [2.05, 4.69) is 9.88 Å². The zero-order valence-corrected chi connectivity index (χ0v) is 12.0. The van der Waals surface area contributed by atoms with Crippen LogP contribution in [0.3, 0.4) is 0 Å². The average molecular weight is 266 g/mol. The van der Waals surface area contributed by atoms with Crippen LogP contribution in [-0.4, -0.2) is 56.7 Å². The summed E-state index contributed by atoms with van der Waals surface area (Å²) in [6, 6.07) is 1.58. The lowest BCUT2D eigenvalue weighted by atomic mass is 10.2. The van der Waals surface area contributed by atoms with E-state index >= 15 is 0 Å². The Kier molecular flexibility index (Phi) is 5.57. The maximum absolute atomic E-state index is 11.7. The summed E-state index contributed by atoms with van der Waals surface area (Å²) in [5.41, 5.74) is 6.73. The summed E-state index contributed by atoms with van der Waals surface area (Å²) in [5.74, 6) is 0.192. The number of nitrogen functional groups attached to an aromatic ring is 1. The van der Waals surface area contributed by atoms with Gasteiger partial charge >= 0.3 is 5.97 Å². The van der Waals surface area contributed by atoms with Crippen LogP contribution in [0.1, 0.15) is 17.3 Å². The number of nitrogens with two attached hydrogens (primary N) is 1. The van der Waals surface area contributed by atoms with Crippen molar-refractivity contribution in [3.63, 3.8) is 0 Å². The first-order valence-corrected chi connectivity index (χ1v) is 6.24. The minimum absolute atomic E-state index is 0.326. The smallest absolute Gasteiger partial charge is 0.340 e. The topological polar surface area (TPSA) is 71.7 Å². The maximum atomic E-state index is 11.7. The molecule has 0 aliphatic carbocycles. The van der Waals surface area contributed by atoms with Crippen molar-refractivity contribution < 1.29 is 9.53 Å². The minimum Gasteiger partial charge on any atom is -0.462 e. The summed E-state index contributed by atoms with van der Waals surface area (Å²) < 4.78 is 4.97. The van der Waals surface area contributed by atoms with Crippen LogP contribution >= 0.6 is 0 Å². The van der Waals surface area contributed by atoms with Crippen molar-refractivity contribution in [1.29, 1.82) is 0 Å². The van der Waals surface area contributed by atoms with Crippen molar-refractivity contribution in [2.45, 2.75) is 6.92 Å². The molecule has 0 bridgehead atoms. The van der Waals surface area contributed by atoms with Crippen LogP contribution in [0.4, 0.5) is 11.5 Å². The van der Waals surface area contributed by atoms with Crippen molar-refractivity contribution in [3.8, 4) is 0 Å². The van der Waals surface area contributed by atoms with Gasteiger partial charge in [-0.3, -0.25) is 0 Å². The van der Waals surface area contributed by atoms with Crippen LogP contribution in [0.25, 0.3) is 0 Å². The molecule has 1 aromatic rings. The predicted octanol–water partition coefficient (Wildman–Crippen LogP) is 0.838. The summed E-state index contributed by atoms with van der Waals surface area (Å²) in [6.45, 7) is 3.74. The van der Waals surface area contributed by atoms with Gasteiger partial charge in [-0.25, -0.2) is 9.78 Å². The number of carbonyl (C=O) groups excluding carboxylic acids is 1. The largest absolute Gasteiger partial charge is 0.462 e. The van der Waals surface area contributed by atoms with Gasteiger partial charge in [0.05, 0.1) is 17.9 Å². The number of rotatable bonds is 6. The van der Waals surface area contributed by atoms with Crippen LogP contribution < -0.4 is 10.6 Å². The summed E-state index contributed by atoms with van der Waals surface area (Å²) in [7, 11) is 5.90. The van der Waals surface area contributed by atoms with E-state index in [-0.39, 0.29) is 0 Å². The highest BCUT2D eigenvalue weighted by Crippen LogP contribution is 2.23. The molecular weight excluding hydrogens is 244 g/mol. The number of anilines is 2. The van der Waals surface area contributed by atoms with E-state index in [9.17, 15) is 4.79 Å². The van der Waals surface area contributed by atoms with Gasteiger partial charge in [0.1, 0.15) is 0 Å². The Balaban J connectivity index is 2.90. The molecule has 19 heavy (non-hydrogen) atoms. The second kappa shape index (κ2) is 6.94. The highest BCUT2D eigenvalue weighted by atomic mass is 16.5. The van der Waals surface area contributed by atoms with Crippen LogP contribution in [0.15, 0.2) is 12.3 Å². The average Bonchev–Trinajstić information content (AvgIpc) is 2.36. The molecule has 0 atom stereocenters. The van der Waals surface area contributed by atoms with Crippen molar-refractivity contribution in [1.82, 2.24) is 9.88 Å². The van der Waals surface area contributed by atoms with Crippen LogP contribution in [0.5, 0.6) is 0 Å². The quantitative estimate of drug-likeness (QED) is 0.769. The molecule has 0 amide bonds. The minimum atomic E-state index is -0.412. The number of aromatic nitrogens is 1. The first kappa shape index (κ1) is 15.2. The van der Waals surface area contributed by atoms with Gasteiger partial charge in [-0.15, -0.1) is 0 Å². The van der Waals surface area contributed by atoms with Gasteiger partial charge in [-0.05, 0) is 27.1 Å². The molecule has 0 aliphatic heterocycles. The first-order valence-electron chi connectivity index (χ1n) is 6.24. The lowest BCUT2D eigenvalue weighted by Gasteiger charge is -2.22.